The van der Waals surface area contributed by atoms with Crippen LogP contribution in [0.5, 0.6) is 0 Å². The Labute approximate surface area is 141 Å². The quantitative estimate of drug-likeness (QED) is 0.844. The van der Waals surface area contributed by atoms with Gasteiger partial charge in [-0.05, 0) is 73.4 Å². The minimum Gasteiger partial charge on any atom is -0.444 e. The number of ether oxygens (including phenoxy) is 1. The van der Waals surface area contributed by atoms with Crippen molar-refractivity contribution in [2.75, 3.05) is 26.7 Å². The van der Waals surface area contributed by atoms with Gasteiger partial charge in [0.2, 0.25) is 0 Å². The van der Waals surface area contributed by atoms with Gasteiger partial charge in [0, 0.05) is 31.2 Å². The number of hydrogen-bond acceptors (Lipinski definition) is 4. The number of rotatable bonds is 5. The van der Waals surface area contributed by atoms with E-state index >= 15 is 0 Å². The molecule has 0 aromatic carbocycles. The van der Waals surface area contributed by atoms with E-state index in [4.69, 9.17) is 4.74 Å². The summed E-state index contributed by atoms with van der Waals surface area (Å²) in [4.78, 5) is 16.7. The Morgan fingerprint density at radius 3 is 2.48 bits per heavy atom. The molecule has 2 aliphatic rings. The van der Waals surface area contributed by atoms with Crippen LogP contribution < -0.4 is 5.32 Å². The summed E-state index contributed by atoms with van der Waals surface area (Å²) < 4.78 is 5.55. The van der Waals surface area contributed by atoms with Gasteiger partial charge in [0.05, 0.1) is 0 Å². The van der Waals surface area contributed by atoms with Gasteiger partial charge in [-0.3, -0.25) is 0 Å². The highest BCUT2D eigenvalue weighted by Crippen LogP contribution is 2.24. The Balaban J connectivity index is 1.77. The van der Waals surface area contributed by atoms with Gasteiger partial charge in [0.25, 0.3) is 0 Å². The molecule has 0 radical (unpaired) electrons. The van der Waals surface area contributed by atoms with E-state index in [1.54, 1.807) is 0 Å². The number of nitrogens with one attached hydrogen (secondary N) is 1. The van der Waals surface area contributed by atoms with E-state index in [1.165, 1.54) is 19.4 Å². The average molecular weight is 325 g/mol. The molecular weight excluding hydrogens is 290 g/mol. The number of likely N-dealkylation sites (N-methyl/N-ethyl adjacent to an activating group) is 1. The van der Waals surface area contributed by atoms with Crippen molar-refractivity contribution < 1.29 is 9.53 Å². The summed E-state index contributed by atoms with van der Waals surface area (Å²) >= 11 is 0. The number of carbonyl (C=O) groups excluding carboxylic acids is 1. The maximum Gasteiger partial charge on any atom is 0.410 e. The van der Waals surface area contributed by atoms with Gasteiger partial charge in [-0.1, -0.05) is 0 Å². The summed E-state index contributed by atoms with van der Waals surface area (Å²) in [5, 5.41) is 3.67. The highest BCUT2D eigenvalue weighted by atomic mass is 16.6. The third kappa shape index (κ3) is 5.64. The Kier molecular flexibility index (Phi) is 6.32. The van der Waals surface area contributed by atoms with Gasteiger partial charge < -0.3 is 19.9 Å². The van der Waals surface area contributed by atoms with Gasteiger partial charge in [-0.15, -0.1) is 0 Å². The van der Waals surface area contributed by atoms with Crippen LogP contribution >= 0.6 is 0 Å². The predicted octanol–water partition coefficient (Wildman–Crippen LogP) is 2.85. The molecule has 2 rings (SSSR count). The fourth-order valence-electron chi connectivity index (χ4n) is 3.71. The molecule has 5 nitrogen and oxygen atoms in total. The Bertz CT molecular complexity index is 394. The Morgan fingerprint density at radius 2 is 1.87 bits per heavy atom. The number of carbonyl (C=O) groups is 1. The molecule has 3 atom stereocenters. The van der Waals surface area contributed by atoms with Gasteiger partial charge >= 0.3 is 6.09 Å². The van der Waals surface area contributed by atoms with Crippen molar-refractivity contribution in [3.8, 4) is 0 Å². The minimum atomic E-state index is -0.416. The Hall–Kier alpha value is -0.810. The molecule has 2 saturated heterocycles. The van der Waals surface area contributed by atoms with Crippen molar-refractivity contribution in [2.45, 2.75) is 83.5 Å². The van der Waals surface area contributed by atoms with E-state index in [2.05, 4.69) is 24.2 Å². The molecule has 1 N–H and O–H groups in total. The summed E-state index contributed by atoms with van der Waals surface area (Å²) in [6, 6.07) is 1.41. The summed E-state index contributed by atoms with van der Waals surface area (Å²) in [6.45, 7) is 11.1. The molecule has 0 aromatic rings. The van der Waals surface area contributed by atoms with Crippen molar-refractivity contribution in [3.05, 3.63) is 0 Å². The summed E-state index contributed by atoms with van der Waals surface area (Å²) in [7, 11) is 2.21. The van der Waals surface area contributed by atoms with Crippen LogP contribution in [0.15, 0.2) is 0 Å². The topological polar surface area (TPSA) is 44.8 Å². The molecule has 2 heterocycles. The first-order valence-corrected chi connectivity index (χ1v) is 9.19. The first-order chi connectivity index (χ1) is 10.8. The molecule has 1 amide bonds. The van der Waals surface area contributed by atoms with Crippen LogP contribution in [0.4, 0.5) is 4.79 Å². The van der Waals surface area contributed by atoms with E-state index in [1.807, 2.05) is 25.7 Å². The molecule has 0 aliphatic carbocycles. The lowest BCUT2D eigenvalue weighted by atomic mass is 10.1. The van der Waals surface area contributed by atoms with Gasteiger partial charge in [-0.25, -0.2) is 4.79 Å². The minimum absolute atomic E-state index is 0.150. The zero-order valence-electron chi connectivity index (χ0n) is 15.6. The largest absolute Gasteiger partial charge is 0.444 e. The van der Waals surface area contributed by atoms with Crippen LogP contribution in [0.3, 0.4) is 0 Å². The van der Waals surface area contributed by atoms with Crippen LogP contribution in [-0.4, -0.2) is 66.3 Å². The second-order valence-corrected chi connectivity index (χ2v) is 8.29. The fourth-order valence-corrected chi connectivity index (χ4v) is 3.71. The molecule has 2 fully saturated rings. The second kappa shape index (κ2) is 7.84. The van der Waals surface area contributed by atoms with Crippen LogP contribution in [-0.2, 0) is 4.74 Å². The molecular formula is C18H35N3O2. The first-order valence-electron chi connectivity index (χ1n) is 9.19. The molecule has 0 saturated carbocycles. The van der Waals surface area contributed by atoms with Gasteiger partial charge in [0.1, 0.15) is 5.60 Å². The number of likely N-dealkylation sites (tertiary alicyclic amines) is 2. The van der Waals surface area contributed by atoms with Crippen LogP contribution in [0.1, 0.15) is 59.8 Å². The van der Waals surface area contributed by atoms with E-state index < -0.39 is 5.60 Å². The lowest BCUT2D eigenvalue weighted by Gasteiger charge is -2.30. The van der Waals surface area contributed by atoms with E-state index in [-0.39, 0.29) is 6.09 Å². The number of nitrogens with zero attached hydrogens (tertiary/aromatic N) is 2. The zero-order chi connectivity index (χ0) is 17.0. The Morgan fingerprint density at radius 1 is 1.22 bits per heavy atom. The van der Waals surface area contributed by atoms with E-state index in [0.29, 0.717) is 18.1 Å². The van der Waals surface area contributed by atoms with Crippen molar-refractivity contribution in [1.82, 2.24) is 15.1 Å². The van der Waals surface area contributed by atoms with Crippen LogP contribution in [0.25, 0.3) is 0 Å². The highest BCUT2D eigenvalue weighted by Gasteiger charge is 2.33. The first kappa shape index (κ1) is 18.5. The zero-order valence-corrected chi connectivity index (χ0v) is 15.6. The van der Waals surface area contributed by atoms with E-state index in [0.717, 1.165) is 32.4 Å². The maximum absolute atomic E-state index is 12.3. The summed E-state index contributed by atoms with van der Waals surface area (Å²) in [5.74, 6) is 0. The molecule has 0 spiro atoms. The number of hydrogen-bond donors (Lipinski definition) is 1. The lowest BCUT2D eigenvalue weighted by Crippen LogP contribution is -2.44. The van der Waals surface area contributed by atoms with Gasteiger partial charge in [0.15, 0.2) is 0 Å². The molecule has 0 bridgehead atoms. The molecule has 2 aliphatic heterocycles. The number of amides is 1. The third-order valence-corrected chi connectivity index (χ3v) is 5.00. The molecule has 23 heavy (non-hydrogen) atoms. The van der Waals surface area contributed by atoms with E-state index in [9.17, 15) is 4.79 Å². The molecule has 0 aromatic heterocycles. The average Bonchev–Trinajstić information content (AvgIpc) is 3.03. The summed E-state index contributed by atoms with van der Waals surface area (Å²) in [6.07, 6.45) is 5.64. The second-order valence-electron chi connectivity index (χ2n) is 8.29. The molecule has 5 heteroatoms. The van der Waals surface area contributed by atoms with Crippen LogP contribution in [0.2, 0.25) is 0 Å². The molecule has 134 valence electrons. The van der Waals surface area contributed by atoms with Crippen molar-refractivity contribution in [1.29, 1.82) is 0 Å². The predicted molar refractivity (Wildman–Crippen MR) is 93.7 cm³/mol. The molecule has 3 unspecified atom stereocenters. The summed E-state index contributed by atoms with van der Waals surface area (Å²) in [5.41, 5.74) is -0.416. The highest BCUT2D eigenvalue weighted by molar-refractivity contribution is 5.68. The normalized spacial score (nSPS) is 27.4. The maximum atomic E-state index is 12.3. The van der Waals surface area contributed by atoms with Crippen molar-refractivity contribution >= 4 is 6.09 Å². The standard InChI is InChI=1S/C18H35N3O2/c1-14(19-13-16-9-6-10-20(16)5)12-15-8-7-11-21(15)17(22)23-18(2,3)4/h14-16,19H,6-13H2,1-5H3. The lowest BCUT2D eigenvalue weighted by molar-refractivity contribution is 0.0214. The van der Waals surface area contributed by atoms with Gasteiger partial charge in [-0.2, -0.15) is 0 Å². The van der Waals surface area contributed by atoms with Crippen molar-refractivity contribution in [2.24, 2.45) is 0 Å². The van der Waals surface area contributed by atoms with Crippen molar-refractivity contribution in [3.63, 3.8) is 0 Å². The third-order valence-electron chi connectivity index (χ3n) is 5.00. The SMILES string of the molecule is CC(CC1CCCN1C(=O)OC(C)(C)C)NCC1CCCN1C. The van der Waals surface area contributed by atoms with Crippen LogP contribution in [0, 0.1) is 0 Å². The smallest absolute Gasteiger partial charge is 0.410 e. The fraction of sp³-hybridized carbons (Fsp3) is 0.944. The monoisotopic (exact) mass is 325 g/mol.